The van der Waals surface area contributed by atoms with Crippen LogP contribution in [0.2, 0.25) is 0 Å². The van der Waals surface area contributed by atoms with Crippen LogP contribution in [0.3, 0.4) is 0 Å². The van der Waals surface area contributed by atoms with Crippen LogP contribution in [0.15, 0.2) is 18.2 Å². The lowest BCUT2D eigenvalue weighted by atomic mass is 10.2. The topological polar surface area (TPSA) is 38.0 Å². The number of hydrogen-bond donors (Lipinski definition) is 2. The molecular formula is C9H13FN2. The van der Waals surface area contributed by atoms with Gasteiger partial charge in [-0.1, -0.05) is 6.92 Å². The standard InChI is InChI=1S/C9H13FN2/c1-2-5-12-7-3-4-9(11)8(10)6-7/h3-4,6,12H,2,5,11H2,1H3. The minimum Gasteiger partial charge on any atom is -0.396 e. The number of nitrogen functional groups attached to an aromatic ring is 1. The molecule has 3 N–H and O–H groups in total. The summed E-state index contributed by atoms with van der Waals surface area (Å²) < 4.78 is 12.8. The molecule has 0 fully saturated rings. The lowest BCUT2D eigenvalue weighted by molar-refractivity contribution is 0.633. The van der Waals surface area contributed by atoms with E-state index in [0.29, 0.717) is 0 Å². The number of hydrogen-bond acceptors (Lipinski definition) is 2. The highest BCUT2D eigenvalue weighted by atomic mass is 19.1. The molecule has 0 radical (unpaired) electrons. The van der Waals surface area contributed by atoms with E-state index in [0.717, 1.165) is 18.7 Å². The smallest absolute Gasteiger partial charge is 0.148 e. The molecule has 0 heterocycles. The molecule has 12 heavy (non-hydrogen) atoms. The average Bonchev–Trinajstić information content (AvgIpc) is 2.07. The van der Waals surface area contributed by atoms with Gasteiger partial charge in [0, 0.05) is 12.2 Å². The molecule has 1 rings (SSSR count). The Balaban J connectivity index is 2.69. The molecule has 0 saturated carbocycles. The van der Waals surface area contributed by atoms with Crippen molar-refractivity contribution >= 4 is 11.4 Å². The maximum absolute atomic E-state index is 12.8. The first-order valence-electron chi connectivity index (χ1n) is 4.03. The van der Waals surface area contributed by atoms with Crippen molar-refractivity contribution in [3.8, 4) is 0 Å². The summed E-state index contributed by atoms with van der Waals surface area (Å²) in [4.78, 5) is 0. The number of nitrogens with one attached hydrogen (secondary N) is 1. The van der Waals surface area contributed by atoms with E-state index in [-0.39, 0.29) is 11.5 Å². The zero-order chi connectivity index (χ0) is 8.97. The zero-order valence-corrected chi connectivity index (χ0v) is 7.10. The molecule has 66 valence electrons. The number of halogens is 1. The van der Waals surface area contributed by atoms with E-state index in [2.05, 4.69) is 12.2 Å². The van der Waals surface area contributed by atoms with Crippen LogP contribution in [0.1, 0.15) is 13.3 Å². The van der Waals surface area contributed by atoms with Gasteiger partial charge in [0.1, 0.15) is 5.82 Å². The van der Waals surface area contributed by atoms with E-state index in [1.165, 1.54) is 6.07 Å². The molecule has 0 saturated heterocycles. The highest BCUT2D eigenvalue weighted by molar-refractivity contribution is 5.52. The van der Waals surface area contributed by atoms with Gasteiger partial charge in [-0.3, -0.25) is 0 Å². The van der Waals surface area contributed by atoms with Crippen molar-refractivity contribution in [2.45, 2.75) is 13.3 Å². The second-order valence-corrected chi connectivity index (χ2v) is 2.66. The summed E-state index contributed by atoms with van der Waals surface area (Å²) in [7, 11) is 0. The van der Waals surface area contributed by atoms with Crippen LogP contribution >= 0.6 is 0 Å². The molecule has 0 aliphatic carbocycles. The molecule has 3 heteroatoms. The van der Waals surface area contributed by atoms with Crippen molar-refractivity contribution < 1.29 is 4.39 Å². The summed E-state index contributed by atoms with van der Waals surface area (Å²) >= 11 is 0. The summed E-state index contributed by atoms with van der Waals surface area (Å²) in [6, 6.07) is 4.74. The molecule has 0 bridgehead atoms. The third-order valence-electron chi connectivity index (χ3n) is 1.58. The maximum atomic E-state index is 12.8. The molecule has 2 nitrogen and oxygen atoms in total. The lowest BCUT2D eigenvalue weighted by Crippen LogP contribution is -2.00. The van der Waals surface area contributed by atoms with E-state index in [9.17, 15) is 4.39 Å². The van der Waals surface area contributed by atoms with Crippen molar-refractivity contribution in [3.05, 3.63) is 24.0 Å². The first-order chi connectivity index (χ1) is 5.74. The minimum atomic E-state index is -0.365. The Morgan fingerprint density at radius 2 is 2.25 bits per heavy atom. The van der Waals surface area contributed by atoms with Crippen molar-refractivity contribution in [1.82, 2.24) is 0 Å². The quantitative estimate of drug-likeness (QED) is 0.679. The minimum absolute atomic E-state index is 0.192. The Kier molecular flexibility index (Phi) is 2.91. The number of rotatable bonds is 3. The van der Waals surface area contributed by atoms with Gasteiger partial charge in [0.2, 0.25) is 0 Å². The summed E-state index contributed by atoms with van der Waals surface area (Å²) in [5, 5.41) is 3.07. The van der Waals surface area contributed by atoms with Crippen LogP contribution in [0, 0.1) is 5.82 Å². The molecule has 0 spiro atoms. The van der Waals surface area contributed by atoms with Gasteiger partial charge < -0.3 is 11.1 Å². The molecule has 1 aromatic rings. The number of anilines is 2. The van der Waals surface area contributed by atoms with Gasteiger partial charge in [-0.25, -0.2) is 4.39 Å². The van der Waals surface area contributed by atoms with E-state index >= 15 is 0 Å². The fourth-order valence-corrected chi connectivity index (χ4v) is 0.906. The SMILES string of the molecule is CCCNc1ccc(N)c(F)c1. The monoisotopic (exact) mass is 168 g/mol. The van der Waals surface area contributed by atoms with Gasteiger partial charge in [0.05, 0.1) is 5.69 Å². The van der Waals surface area contributed by atoms with Crippen LogP contribution in [-0.4, -0.2) is 6.54 Å². The highest BCUT2D eigenvalue weighted by Gasteiger charge is 1.97. The molecule has 1 aromatic carbocycles. The van der Waals surface area contributed by atoms with Gasteiger partial charge in [-0.15, -0.1) is 0 Å². The Morgan fingerprint density at radius 1 is 1.50 bits per heavy atom. The molecule has 0 amide bonds. The van der Waals surface area contributed by atoms with Crippen LogP contribution in [0.25, 0.3) is 0 Å². The Hall–Kier alpha value is -1.25. The number of benzene rings is 1. The van der Waals surface area contributed by atoms with Crippen molar-refractivity contribution in [2.24, 2.45) is 0 Å². The van der Waals surface area contributed by atoms with E-state index < -0.39 is 0 Å². The van der Waals surface area contributed by atoms with Crippen LogP contribution in [0.5, 0.6) is 0 Å². The molecule has 0 atom stereocenters. The van der Waals surface area contributed by atoms with E-state index in [1.807, 2.05) is 0 Å². The largest absolute Gasteiger partial charge is 0.396 e. The fraction of sp³-hybridized carbons (Fsp3) is 0.333. The first-order valence-corrected chi connectivity index (χ1v) is 4.03. The fourth-order valence-electron chi connectivity index (χ4n) is 0.906. The van der Waals surface area contributed by atoms with E-state index in [1.54, 1.807) is 12.1 Å². The Bertz CT molecular complexity index is 261. The molecule has 0 aliphatic heterocycles. The normalized spacial score (nSPS) is 9.83. The van der Waals surface area contributed by atoms with E-state index in [4.69, 9.17) is 5.73 Å². The molecular weight excluding hydrogens is 155 g/mol. The summed E-state index contributed by atoms with van der Waals surface area (Å²) in [6.45, 7) is 2.91. The van der Waals surface area contributed by atoms with Crippen molar-refractivity contribution in [3.63, 3.8) is 0 Å². The van der Waals surface area contributed by atoms with Crippen LogP contribution < -0.4 is 11.1 Å². The zero-order valence-electron chi connectivity index (χ0n) is 7.10. The van der Waals surface area contributed by atoms with Gasteiger partial charge >= 0.3 is 0 Å². The second kappa shape index (κ2) is 3.95. The maximum Gasteiger partial charge on any atom is 0.148 e. The lowest BCUT2D eigenvalue weighted by Gasteiger charge is -2.04. The summed E-state index contributed by atoms with van der Waals surface area (Å²) in [6.07, 6.45) is 1.02. The third kappa shape index (κ3) is 2.12. The molecule has 0 aliphatic rings. The van der Waals surface area contributed by atoms with Crippen LogP contribution in [-0.2, 0) is 0 Å². The molecule has 0 unspecified atom stereocenters. The summed E-state index contributed by atoms with van der Waals surface area (Å²) in [5.74, 6) is -0.365. The first kappa shape index (κ1) is 8.84. The van der Waals surface area contributed by atoms with Gasteiger partial charge in [-0.05, 0) is 24.6 Å². The van der Waals surface area contributed by atoms with Gasteiger partial charge in [-0.2, -0.15) is 0 Å². The van der Waals surface area contributed by atoms with Gasteiger partial charge in [0.15, 0.2) is 0 Å². The predicted octanol–water partition coefficient (Wildman–Crippen LogP) is 2.23. The highest BCUT2D eigenvalue weighted by Crippen LogP contribution is 2.15. The van der Waals surface area contributed by atoms with Crippen LogP contribution in [0.4, 0.5) is 15.8 Å². The number of nitrogens with two attached hydrogens (primary N) is 1. The second-order valence-electron chi connectivity index (χ2n) is 2.66. The Morgan fingerprint density at radius 3 is 2.83 bits per heavy atom. The predicted molar refractivity (Wildman–Crippen MR) is 49.6 cm³/mol. The van der Waals surface area contributed by atoms with Crippen molar-refractivity contribution in [2.75, 3.05) is 17.6 Å². The molecule has 0 aromatic heterocycles. The van der Waals surface area contributed by atoms with Crippen molar-refractivity contribution in [1.29, 1.82) is 0 Å². The summed E-state index contributed by atoms with van der Waals surface area (Å²) in [5.41, 5.74) is 6.29. The third-order valence-corrected chi connectivity index (χ3v) is 1.58. The Labute approximate surface area is 71.6 Å². The average molecular weight is 168 g/mol. The van der Waals surface area contributed by atoms with Gasteiger partial charge in [0.25, 0.3) is 0 Å².